The first-order chi connectivity index (χ1) is 6.29. The summed E-state index contributed by atoms with van der Waals surface area (Å²) in [4.78, 5) is 0. The minimum Gasteiger partial charge on any atom is -0.0801 e. The van der Waals surface area contributed by atoms with Crippen LogP contribution < -0.4 is 0 Å². The van der Waals surface area contributed by atoms with E-state index >= 15 is 0 Å². The topological polar surface area (TPSA) is 0 Å². The average molecular weight is 300 g/mol. The van der Waals surface area contributed by atoms with Gasteiger partial charge in [-0.05, 0) is 29.7 Å². The maximum absolute atomic E-state index is 3.56. The van der Waals surface area contributed by atoms with Gasteiger partial charge in [-0.15, -0.1) is 0 Å². The second kappa shape index (κ2) is 3.81. The molecule has 2 heteroatoms. The highest BCUT2D eigenvalue weighted by molar-refractivity contribution is 9.11. The molecule has 2 rings (SSSR count). The molecule has 0 radical (unpaired) electrons. The molecule has 0 saturated heterocycles. The lowest BCUT2D eigenvalue weighted by Crippen LogP contribution is -1.89. The highest BCUT2D eigenvalue weighted by Gasteiger charge is 2.07. The summed E-state index contributed by atoms with van der Waals surface area (Å²) in [6, 6.07) is 4.15. The van der Waals surface area contributed by atoms with Crippen LogP contribution in [0.1, 0.15) is 11.1 Å². The molecule has 0 nitrogen and oxygen atoms in total. The van der Waals surface area contributed by atoms with Gasteiger partial charge in [-0.2, -0.15) is 0 Å². The zero-order chi connectivity index (χ0) is 9.26. The second-order valence-electron chi connectivity index (χ2n) is 2.91. The summed E-state index contributed by atoms with van der Waals surface area (Å²) in [6.45, 7) is 0. The van der Waals surface area contributed by atoms with Crippen LogP contribution >= 0.6 is 31.9 Å². The van der Waals surface area contributed by atoms with E-state index in [1.165, 1.54) is 15.6 Å². The Morgan fingerprint density at radius 1 is 1.00 bits per heavy atom. The first-order valence-corrected chi connectivity index (χ1v) is 5.68. The number of benzene rings is 1. The molecule has 0 aromatic heterocycles. The van der Waals surface area contributed by atoms with E-state index in [0.717, 1.165) is 10.9 Å². The van der Waals surface area contributed by atoms with E-state index in [-0.39, 0.29) is 0 Å². The van der Waals surface area contributed by atoms with E-state index in [9.17, 15) is 0 Å². The predicted molar refractivity (Wildman–Crippen MR) is 63.7 cm³/mol. The monoisotopic (exact) mass is 298 g/mol. The van der Waals surface area contributed by atoms with Crippen molar-refractivity contribution < 1.29 is 0 Å². The quantitative estimate of drug-likeness (QED) is 0.668. The van der Waals surface area contributed by atoms with Crippen molar-refractivity contribution in [2.24, 2.45) is 0 Å². The number of fused-ring (bicyclic) bond motifs is 1. The van der Waals surface area contributed by atoms with Crippen LogP contribution in [0, 0.1) is 0 Å². The Bertz CT molecular complexity index is 389. The summed E-state index contributed by atoms with van der Waals surface area (Å²) in [5.41, 5.74) is 2.62. The molecule has 0 unspecified atom stereocenters. The molecule has 0 saturated carbocycles. The molecule has 0 fully saturated rings. The standard InChI is InChI=1S/C11H8Br2/c12-10-6-7-11(13)9-5-3-1-2-4-8(9)10/h1-4,6-7H,5H2. The third-order valence-corrected chi connectivity index (χ3v) is 3.51. The fourth-order valence-corrected chi connectivity index (χ4v) is 2.42. The molecule has 0 aliphatic heterocycles. The maximum Gasteiger partial charge on any atom is 0.0251 e. The predicted octanol–water partition coefficient (Wildman–Crippen LogP) is 4.34. The fourth-order valence-electron chi connectivity index (χ4n) is 1.41. The molecule has 0 heterocycles. The summed E-state index contributed by atoms with van der Waals surface area (Å²) in [7, 11) is 0. The summed E-state index contributed by atoms with van der Waals surface area (Å²) in [6.07, 6.45) is 9.44. The molecule has 0 amide bonds. The zero-order valence-electron chi connectivity index (χ0n) is 6.93. The number of halogens is 2. The first-order valence-electron chi connectivity index (χ1n) is 4.09. The van der Waals surface area contributed by atoms with Crippen molar-refractivity contribution in [3.8, 4) is 0 Å². The minimum absolute atomic E-state index is 0.988. The van der Waals surface area contributed by atoms with Crippen molar-refractivity contribution in [2.45, 2.75) is 6.42 Å². The van der Waals surface area contributed by atoms with E-state index in [4.69, 9.17) is 0 Å². The van der Waals surface area contributed by atoms with Crippen molar-refractivity contribution >= 4 is 37.9 Å². The Labute approximate surface area is 94.6 Å². The van der Waals surface area contributed by atoms with Gasteiger partial charge >= 0.3 is 0 Å². The Morgan fingerprint density at radius 2 is 1.77 bits per heavy atom. The first kappa shape index (κ1) is 9.22. The van der Waals surface area contributed by atoms with Crippen molar-refractivity contribution in [3.05, 3.63) is 50.4 Å². The van der Waals surface area contributed by atoms with Gasteiger partial charge in [0.15, 0.2) is 0 Å². The largest absolute Gasteiger partial charge is 0.0801 e. The average Bonchev–Trinajstić information content (AvgIpc) is 2.37. The highest BCUT2D eigenvalue weighted by Crippen LogP contribution is 2.30. The summed E-state index contributed by atoms with van der Waals surface area (Å²) in [5, 5.41) is 0. The molecule has 1 aliphatic rings. The molecule has 13 heavy (non-hydrogen) atoms. The van der Waals surface area contributed by atoms with Crippen molar-refractivity contribution in [1.29, 1.82) is 0 Å². The number of hydrogen-bond donors (Lipinski definition) is 0. The Hall–Kier alpha value is -0.340. The normalized spacial score (nSPS) is 14.0. The van der Waals surface area contributed by atoms with Crippen LogP contribution in [0.25, 0.3) is 6.08 Å². The van der Waals surface area contributed by atoms with E-state index in [0.29, 0.717) is 0 Å². The van der Waals surface area contributed by atoms with Gasteiger partial charge in [0.2, 0.25) is 0 Å². The zero-order valence-corrected chi connectivity index (χ0v) is 10.1. The molecular weight excluding hydrogens is 292 g/mol. The van der Waals surface area contributed by atoms with Gasteiger partial charge in [0, 0.05) is 8.95 Å². The van der Waals surface area contributed by atoms with Crippen molar-refractivity contribution in [3.63, 3.8) is 0 Å². The molecule has 1 aromatic carbocycles. The highest BCUT2D eigenvalue weighted by atomic mass is 79.9. The molecule has 0 bridgehead atoms. The molecule has 0 N–H and O–H groups in total. The number of rotatable bonds is 0. The third kappa shape index (κ3) is 1.79. The summed E-state index contributed by atoms with van der Waals surface area (Å²) < 4.78 is 2.34. The lowest BCUT2D eigenvalue weighted by atomic mass is 10.1. The van der Waals surface area contributed by atoms with E-state index < -0.39 is 0 Å². The van der Waals surface area contributed by atoms with E-state index in [1.807, 2.05) is 0 Å². The van der Waals surface area contributed by atoms with Gasteiger partial charge in [0.05, 0.1) is 0 Å². The summed E-state index contributed by atoms with van der Waals surface area (Å²) in [5.74, 6) is 0. The lowest BCUT2D eigenvalue weighted by Gasteiger charge is -2.07. The van der Waals surface area contributed by atoms with Gasteiger partial charge < -0.3 is 0 Å². The SMILES string of the molecule is Brc1ccc(Br)c2c1C=CC=CC2. The van der Waals surface area contributed by atoms with Crippen molar-refractivity contribution in [2.75, 3.05) is 0 Å². The molecule has 0 spiro atoms. The minimum atomic E-state index is 0.988. The molecule has 66 valence electrons. The van der Waals surface area contributed by atoms with Crippen LogP contribution in [0.5, 0.6) is 0 Å². The van der Waals surface area contributed by atoms with Crippen LogP contribution in [0.15, 0.2) is 39.3 Å². The number of allylic oxidation sites excluding steroid dienone is 3. The molecule has 1 aromatic rings. The van der Waals surface area contributed by atoms with E-state index in [2.05, 4.69) is 68.3 Å². The number of hydrogen-bond acceptors (Lipinski definition) is 0. The smallest absolute Gasteiger partial charge is 0.0251 e. The molecule has 0 atom stereocenters. The molecule has 1 aliphatic carbocycles. The molecular formula is C11H8Br2. The van der Waals surface area contributed by atoms with E-state index in [1.54, 1.807) is 0 Å². The lowest BCUT2D eigenvalue weighted by molar-refractivity contribution is 1.24. The van der Waals surface area contributed by atoms with Crippen LogP contribution in [-0.2, 0) is 6.42 Å². The van der Waals surface area contributed by atoms with Crippen molar-refractivity contribution in [1.82, 2.24) is 0 Å². The fraction of sp³-hybridized carbons (Fsp3) is 0.0909. The Kier molecular flexibility index (Phi) is 2.70. The van der Waals surface area contributed by atoms with Gasteiger partial charge in [0.1, 0.15) is 0 Å². The maximum atomic E-state index is 3.56. The van der Waals surface area contributed by atoms with Gasteiger partial charge in [0.25, 0.3) is 0 Å². The van der Waals surface area contributed by atoms with Gasteiger partial charge in [-0.1, -0.05) is 56.2 Å². The van der Waals surface area contributed by atoms with Crippen LogP contribution in [0.3, 0.4) is 0 Å². The van der Waals surface area contributed by atoms with Crippen LogP contribution in [-0.4, -0.2) is 0 Å². The van der Waals surface area contributed by atoms with Gasteiger partial charge in [-0.25, -0.2) is 0 Å². The van der Waals surface area contributed by atoms with Crippen LogP contribution in [0.4, 0.5) is 0 Å². The Balaban J connectivity index is 2.66. The van der Waals surface area contributed by atoms with Crippen LogP contribution in [0.2, 0.25) is 0 Å². The third-order valence-electron chi connectivity index (χ3n) is 2.08. The Morgan fingerprint density at radius 3 is 2.62 bits per heavy atom. The van der Waals surface area contributed by atoms with Gasteiger partial charge in [-0.3, -0.25) is 0 Å². The summed E-state index contributed by atoms with van der Waals surface area (Å²) >= 11 is 7.11. The second-order valence-corrected chi connectivity index (χ2v) is 4.62.